The predicted molar refractivity (Wildman–Crippen MR) is 81.8 cm³/mol. The van der Waals surface area contributed by atoms with Crippen LogP contribution < -0.4 is 5.32 Å². The summed E-state index contributed by atoms with van der Waals surface area (Å²) in [5.41, 5.74) is 0.823. The van der Waals surface area contributed by atoms with Crippen LogP contribution in [0, 0.1) is 0 Å². The predicted octanol–water partition coefficient (Wildman–Crippen LogP) is 4.72. The molecule has 0 fully saturated rings. The molecule has 0 aliphatic carbocycles. The molecule has 0 saturated carbocycles. The molecule has 0 aliphatic rings. The minimum absolute atomic E-state index is 0.0738. The number of likely N-dealkylation sites (N-methyl/N-ethyl adjacent to an activating group) is 1. The molecule has 0 bridgehead atoms. The first-order valence-corrected chi connectivity index (χ1v) is 7.74. The van der Waals surface area contributed by atoms with Crippen molar-refractivity contribution >= 4 is 50.5 Å². The van der Waals surface area contributed by atoms with Gasteiger partial charge in [0.15, 0.2) is 0 Å². The van der Waals surface area contributed by atoms with Crippen LogP contribution in [0.3, 0.4) is 0 Å². The minimum Gasteiger partial charge on any atom is -0.311 e. The molecule has 2 nitrogen and oxygen atoms in total. The van der Waals surface area contributed by atoms with Gasteiger partial charge in [0.2, 0.25) is 0 Å². The van der Waals surface area contributed by atoms with Crippen molar-refractivity contribution in [3.05, 3.63) is 48.8 Å². The molecule has 2 aromatic heterocycles. The van der Waals surface area contributed by atoms with Gasteiger partial charge in [0, 0.05) is 22.0 Å². The number of nitrogens with one attached hydrogen (secondary N) is 1. The highest BCUT2D eigenvalue weighted by Gasteiger charge is 2.17. The van der Waals surface area contributed by atoms with Gasteiger partial charge in [-0.25, -0.2) is 0 Å². The average molecular weight is 366 g/mol. The van der Waals surface area contributed by atoms with E-state index in [4.69, 9.17) is 23.2 Å². The molecule has 96 valence electrons. The molecule has 2 aromatic rings. The van der Waals surface area contributed by atoms with Crippen molar-refractivity contribution in [1.29, 1.82) is 0 Å². The van der Waals surface area contributed by atoms with E-state index in [1.54, 1.807) is 23.6 Å². The van der Waals surface area contributed by atoms with Crippen molar-refractivity contribution in [3.8, 4) is 0 Å². The molecule has 2 rings (SSSR count). The van der Waals surface area contributed by atoms with E-state index in [1.165, 1.54) is 4.88 Å². The Morgan fingerprint density at radius 3 is 2.83 bits per heavy atom. The molecule has 0 radical (unpaired) electrons. The third-order valence-electron chi connectivity index (χ3n) is 2.60. The Labute approximate surface area is 128 Å². The topological polar surface area (TPSA) is 24.9 Å². The van der Waals surface area contributed by atoms with Gasteiger partial charge < -0.3 is 5.32 Å². The maximum Gasteiger partial charge on any atom is 0.0763 e. The van der Waals surface area contributed by atoms with Gasteiger partial charge >= 0.3 is 0 Å². The summed E-state index contributed by atoms with van der Waals surface area (Å²) in [6.45, 7) is 0. The fourth-order valence-electron chi connectivity index (χ4n) is 1.67. The summed E-state index contributed by atoms with van der Waals surface area (Å²) in [6, 6.07) is 3.84. The van der Waals surface area contributed by atoms with Crippen molar-refractivity contribution in [2.24, 2.45) is 0 Å². The first-order chi connectivity index (χ1) is 8.61. The van der Waals surface area contributed by atoms with Crippen LogP contribution in [-0.2, 0) is 6.42 Å². The molecule has 0 aliphatic heterocycles. The molecule has 1 N–H and O–H groups in total. The monoisotopic (exact) mass is 364 g/mol. The maximum atomic E-state index is 6.19. The summed E-state index contributed by atoms with van der Waals surface area (Å²) in [6.07, 6.45) is 2.46. The van der Waals surface area contributed by atoms with Gasteiger partial charge in [-0.15, -0.1) is 11.3 Å². The van der Waals surface area contributed by atoms with Crippen molar-refractivity contribution in [1.82, 2.24) is 10.3 Å². The number of rotatable bonds is 4. The van der Waals surface area contributed by atoms with E-state index < -0.39 is 0 Å². The average Bonchev–Trinajstić information content (AvgIpc) is 2.73. The van der Waals surface area contributed by atoms with Crippen molar-refractivity contribution in [2.75, 3.05) is 7.05 Å². The van der Waals surface area contributed by atoms with E-state index in [0.29, 0.717) is 10.0 Å². The normalized spacial score (nSPS) is 12.7. The lowest BCUT2D eigenvalue weighted by atomic mass is 10.1. The van der Waals surface area contributed by atoms with Crippen LogP contribution in [0.4, 0.5) is 0 Å². The van der Waals surface area contributed by atoms with Gasteiger partial charge in [0.25, 0.3) is 0 Å². The van der Waals surface area contributed by atoms with E-state index in [2.05, 4.69) is 31.6 Å². The smallest absolute Gasteiger partial charge is 0.0763 e. The molecule has 2 heterocycles. The summed E-state index contributed by atoms with van der Waals surface area (Å²) < 4.78 is 1.12. The molecule has 0 saturated heterocycles. The summed E-state index contributed by atoms with van der Waals surface area (Å²) in [4.78, 5) is 5.59. The van der Waals surface area contributed by atoms with Gasteiger partial charge in [-0.05, 0) is 40.5 Å². The number of halogens is 3. The summed E-state index contributed by atoms with van der Waals surface area (Å²) in [5.74, 6) is 0. The molecule has 1 unspecified atom stereocenters. The first-order valence-electron chi connectivity index (χ1n) is 5.32. The standard InChI is InChI=1S/C12H11BrCl2N2S/c1-16-10(5-11-8(13)2-3-18-11)12-9(15)4-7(14)6-17-12/h2-4,6,10,16H,5H2,1H3. The third-order valence-corrected chi connectivity index (χ3v) is 5.05. The Kier molecular flexibility index (Phi) is 5.04. The Balaban J connectivity index is 2.26. The highest BCUT2D eigenvalue weighted by molar-refractivity contribution is 9.10. The van der Waals surface area contributed by atoms with E-state index in [-0.39, 0.29) is 6.04 Å². The van der Waals surface area contributed by atoms with Crippen LogP contribution >= 0.6 is 50.5 Å². The SMILES string of the molecule is CNC(Cc1sccc1Br)c1ncc(Cl)cc1Cl. The molecule has 0 amide bonds. The number of nitrogens with zero attached hydrogens (tertiary/aromatic N) is 1. The molecule has 18 heavy (non-hydrogen) atoms. The molecular formula is C12H11BrCl2N2S. The van der Waals surface area contributed by atoms with Gasteiger partial charge in [0.05, 0.1) is 21.8 Å². The molecule has 1 atom stereocenters. The minimum atomic E-state index is 0.0738. The Bertz CT molecular complexity index is 545. The van der Waals surface area contributed by atoms with Crippen LogP contribution in [0.5, 0.6) is 0 Å². The van der Waals surface area contributed by atoms with Gasteiger partial charge in [-0.1, -0.05) is 23.2 Å². The lowest BCUT2D eigenvalue weighted by Gasteiger charge is -2.16. The molecule has 0 aromatic carbocycles. The van der Waals surface area contributed by atoms with Crippen LogP contribution in [0.2, 0.25) is 10.0 Å². The molecule has 0 spiro atoms. The highest BCUT2D eigenvalue weighted by Crippen LogP contribution is 2.30. The van der Waals surface area contributed by atoms with Crippen molar-refractivity contribution < 1.29 is 0 Å². The summed E-state index contributed by atoms with van der Waals surface area (Å²) >= 11 is 17.3. The Morgan fingerprint density at radius 1 is 1.50 bits per heavy atom. The quantitative estimate of drug-likeness (QED) is 0.848. The number of aromatic nitrogens is 1. The fourth-order valence-corrected chi connectivity index (χ4v) is 3.75. The van der Waals surface area contributed by atoms with Crippen LogP contribution in [0.1, 0.15) is 16.6 Å². The van der Waals surface area contributed by atoms with Crippen LogP contribution in [-0.4, -0.2) is 12.0 Å². The zero-order valence-electron chi connectivity index (χ0n) is 9.58. The lowest BCUT2D eigenvalue weighted by molar-refractivity contribution is 0.579. The zero-order valence-corrected chi connectivity index (χ0v) is 13.5. The number of hydrogen-bond acceptors (Lipinski definition) is 3. The van der Waals surface area contributed by atoms with Crippen LogP contribution in [0.15, 0.2) is 28.2 Å². The summed E-state index contributed by atoms with van der Waals surface area (Å²) in [7, 11) is 1.90. The number of hydrogen-bond donors (Lipinski definition) is 1. The van der Waals surface area contributed by atoms with Gasteiger partial charge in [0.1, 0.15) is 0 Å². The largest absolute Gasteiger partial charge is 0.311 e. The molecular weight excluding hydrogens is 355 g/mol. The van der Waals surface area contributed by atoms with E-state index >= 15 is 0 Å². The second kappa shape index (κ2) is 6.35. The second-order valence-electron chi connectivity index (χ2n) is 3.76. The van der Waals surface area contributed by atoms with E-state index in [1.807, 2.05) is 13.1 Å². The lowest BCUT2D eigenvalue weighted by Crippen LogP contribution is -2.20. The Morgan fingerprint density at radius 2 is 2.28 bits per heavy atom. The van der Waals surface area contributed by atoms with Gasteiger partial charge in [-0.2, -0.15) is 0 Å². The Hall–Kier alpha value is -0.130. The van der Waals surface area contributed by atoms with Crippen molar-refractivity contribution in [2.45, 2.75) is 12.5 Å². The third kappa shape index (κ3) is 3.25. The number of pyridine rings is 1. The summed E-state index contributed by atoms with van der Waals surface area (Å²) in [5, 5.41) is 6.44. The van der Waals surface area contributed by atoms with Gasteiger partial charge in [-0.3, -0.25) is 4.98 Å². The maximum absolute atomic E-state index is 6.19. The van der Waals surface area contributed by atoms with E-state index in [0.717, 1.165) is 16.6 Å². The first kappa shape index (κ1) is 14.3. The zero-order chi connectivity index (χ0) is 13.1. The fraction of sp³-hybridized carbons (Fsp3) is 0.250. The van der Waals surface area contributed by atoms with Crippen molar-refractivity contribution in [3.63, 3.8) is 0 Å². The second-order valence-corrected chi connectivity index (χ2v) is 6.46. The number of thiophene rings is 1. The highest BCUT2D eigenvalue weighted by atomic mass is 79.9. The molecule has 6 heteroatoms. The van der Waals surface area contributed by atoms with Crippen LogP contribution in [0.25, 0.3) is 0 Å². The van der Waals surface area contributed by atoms with E-state index in [9.17, 15) is 0 Å².